The van der Waals surface area contributed by atoms with E-state index in [1.54, 1.807) is 42.5 Å². The zero-order valence-electron chi connectivity index (χ0n) is 20.8. The number of nitrogens with one attached hydrogen (secondary N) is 1. The van der Waals surface area contributed by atoms with E-state index in [9.17, 15) is 23.6 Å². The van der Waals surface area contributed by atoms with Crippen molar-refractivity contribution in [1.82, 2.24) is 4.90 Å². The highest BCUT2D eigenvalue weighted by Gasteiger charge is 2.46. The maximum atomic E-state index is 14.2. The minimum Gasteiger partial charge on any atom is -0.497 e. The second kappa shape index (κ2) is 11.5. The number of esters is 1. The predicted octanol–water partition coefficient (Wildman–Crippen LogP) is 4.03. The third-order valence-electron chi connectivity index (χ3n) is 6.20. The quantitative estimate of drug-likeness (QED) is 0.338. The van der Waals surface area contributed by atoms with Crippen LogP contribution in [0.3, 0.4) is 0 Å². The van der Waals surface area contributed by atoms with Gasteiger partial charge in [-0.25, -0.2) is 18.9 Å². The molecule has 1 fully saturated rings. The van der Waals surface area contributed by atoms with Crippen molar-refractivity contribution in [3.8, 4) is 5.75 Å². The number of halogens is 1. The Bertz CT molecular complexity index is 1340. The van der Waals surface area contributed by atoms with Crippen molar-refractivity contribution in [3.05, 3.63) is 89.7 Å². The highest BCUT2D eigenvalue weighted by Crippen LogP contribution is 2.29. The maximum absolute atomic E-state index is 14.2. The van der Waals surface area contributed by atoms with Crippen LogP contribution in [0.15, 0.2) is 72.8 Å². The molecule has 1 aliphatic heterocycles. The molecule has 1 aliphatic rings. The number of rotatable bonds is 9. The number of methoxy groups -OCH3 is 2. The molecule has 4 amide bonds. The van der Waals surface area contributed by atoms with Crippen molar-refractivity contribution in [3.63, 3.8) is 0 Å². The molecule has 9 nitrogen and oxygen atoms in total. The predicted molar refractivity (Wildman–Crippen MR) is 138 cm³/mol. The average molecular weight is 520 g/mol. The normalized spacial score (nSPS) is 15.0. The first kappa shape index (κ1) is 26.3. The Morgan fingerprint density at radius 3 is 2.26 bits per heavy atom. The van der Waals surface area contributed by atoms with E-state index in [1.807, 2.05) is 0 Å². The number of hydrogen-bond donors (Lipinski definition) is 1. The zero-order valence-corrected chi connectivity index (χ0v) is 20.8. The fraction of sp³-hybridized carbons (Fsp3) is 0.214. The van der Waals surface area contributed by atoms with E-state index in [4.69, 9.17) is 4.74 Å². The second-order valence-corrected chi connectivity index (χ2v) is 8.53. The minimum atomic E-state index is -1.09. The fourth-order valence-corrected chi connectivity index (χ4v) is 4.19. The molecule has 0 radical (unpaired) electrons. The highest BCUT2D eigenvalue weighted by atomic mass is 19.1. The summed E-state index contributed by atoms with van der Waals surface area (Å²) >= 11 is 0. The first-order valence-electron chi connectivity index (χ1n) is 11.8. The molecule has 1 N–H and O–H groups in total. The van der Waals surface area contributed by atoms with Gasteiger partial charge in [0, 0.05) is 12.2 Å². The number of ether oxygens (including phenoxy) is 2. The van der Waals surface area contributed by atoms with E-state index >= 15 is 0 Å². The zero-order chi connectivity index (χ0) is 27.2. The van der Waals surface area contributed by atoms with Crippen LogP contribution in [-0.2, 0) is 20.7 Å². The van der Waals surface area contributed by atoms with Gasteiger partial charge in [0.05, 0.1) is 31.9 Å². The third kappa shape index (κ3) is 5.64. The Kier molecular flexibility index (Phi) is 8.00. The third-order valence-corrected chi connectivity index (χ3v) is 6.20. The average Bonchev–Trinajstić information content (AvgIpc) is 3.16. The minimum absolute atomic E-state index is 0.0317. The molecule has 1 atom stereocenters. The molecule has 3 aromatic carbocycles. The number of anilines is 2. The molecule has 38 heavy (non-hydrogen) atoms. The lowest BCUT2D eigenvalue weighted by Gasteiger charge is -2.21. The number of benzene rings is 3. The summed E-state index contributed by atoms with van der Waals surface area (Å²) < 4.78 is 24.0. The molecule has 0 aliphatic carbocycles. The number of imide groups is 1. The van der Waals surface area contributed by atoms with E-state index in [0.29, 0.717) is 28.3 Å². The van der Waals surface area contributed by atoms with Crippen LogP contribution in [0.25, 0.3) is 0 Å². The SMILES string of the molecule is COC(=O)c1ccc(NC(=O)CC2C(=O)N(c3ccc(OC)cc3)C(=O)N2CCc2ccccc2F)cc1. The van der Waals surface area contributed by atoms with Gasteiger partial charge in [-0.05, 0) is 66.6 Å². The summed E-state index contributed by atoms with van der Waals surface area (Å²) in [6.07, 6.45) is -0.150. The van der Waals surface area contributed by atoms with Crippen LogP contribution in [0.2, 0.25) is 0 Å². The van der Waals surface area contributed by atoms with E-state index < -0.39 is 35.7 Å². The topological polar surface area (TPSA) is 105 Å². The van der Waals surface area contributed by atoms with Gasteiger partial charge in [-0.2, -0.15) is 0 Å². The van der Waals surface area contributed by atoms with Gasteiger partial charge >= 0.3 is 12.0 Å². The molecule has 1 saturated heterocycles. The largest absolute Gasteiger partial charge is 0.497 e. The van der Waals surface area contributed by atoms with Gasteiger partial charge in [0.25, 0.3) is 5.91 Å². The number of hydrogen-bond acceptors (Lipinski definition) is 6. The van der Waals surface area contributed by atoms with Crippen molar-refractivity contribution in [2.75, 3.05) is 31.0 Å². The Morgan fingerprint density at radius 2 is 1.63 bits per heavy atom. The molecule has 10 heteroatoms. The lowest BCUT2D eigenvalue weighted by molar-refractivity contribution is -0.124. The molecule has 3 aromatic rings. The number of amides is 4. The van der Waals surface area contributed by atoms with Crippen LogP contribution in [0.5, 0.6) is 5.75 Å². The molecule has 0 spiro atoms. The Morgan fingerprint density at radius 1 is 0.947 bits per heavy atom. The summed E-state index contributed by atoms with van der Waals surface area (Å²) in [6, 6.07) is 17.0. The smallest absolute Gasteiger partial charge is 0.337 e. The fourth-order valence-electron chi connectivity index (χ4n) is 4.19. The number of urea groups is 1. The second-order valence-electron chi connectivity index (χ2n) is 8.53. The Balaban J connectivity index is 1.54. The maximum Gasteiger partial charge on any atom is 0.337 e. The highest BCUT2D eigenvalue weighted by molar-refractivity contribution is 6.22. The lowest BCUT2D eigenvalue weighted by Crippen LogP contribution is -2.39. The van der Waals surface area contributed by atoms with Crippen molar-refractivity contribution in [2.45, 2.75) is 18.9 Å². The van der Waals surface area contributed by atoms with Gasteiger partial charge in [-0.3, -0.25) is 9.59 Å². The molecule has 0 bridgehead atoms. The van der Waals surface area contributed by atoms with E-state index in [1.165, 1.54) is 49.5 Å². The standard InChI is InChI=1S/C28H26FN3O6/c1-37-22-13-11-21(12-14-22)32-26(34)24(31(28(32)36)16-15-18-5-3-4-6-23(18)29)17-25(33)30-20-9-7-19(8-10-20)27(35)38-2/h3-14,24H,15-17H2,1-2H3,(H,30,33). The van der Waals surface area contributed by atoms with E-state index in [0.717, 1.165) is 4.90 Å². The first-order valence-corrected chi connectivity index (χ1v) is 11.8. The van der Waals surface area contributed by atoms with Crippen LogP contribution in [0.4, 0.5) is 20.6 Å². The molecule has 4 rings (SSSR count). The van der Waals surface area contributed by atoms with Gasteiger partial charge in [-0.15, -0.1) is 0 Å². The lowest BCUT2D eigenvalue weighted by atomic mass is 10.1. The molecule has 0 aromatic heterocycles. The van der Waals surface area contributed by atoms with Crippen LogP contribution in [0, 0.1) is 5.82 Å². The van der Waals surface area contributed by atoms with Crippen LogP contribution < -0.4 is 15.0 Å². The van der Waals surface area contributed by atoms with Crippen molar-refractivity contribution >= 4 is 35.2 Å². The molecular weight excluding hydrogens is 493 g/mol. The number of carbonyl (C=O) groups excluding carboxylic acids is 4. The molecule has 0 saturated carbocycles. The summed E-state index contributed by atoms with van der Waals surface area (Å²) in [5.41, 5.74) is 1.45. The number of nitrogens with zero attached hydrogens (tertiary/aromatic N) is 2. The first-order chi connectivity index (χ1) is 18.3. The molecule has 1 heterocycles. The van der Waals surface area contributed by atoms with Gasteiger partial charge in [0.1, 0.15) is 17.6 Å². The Hall–Kier alpha value is -4.73. The van der Waals surface area contributed by atoms with Gasteiger partial charge < -0.3 is 19.7 Å². The van der Waals surface area contributed by atoms with Crippen molar-refractivity contribution in [2.24, 2.45) is 0 Å². The Labute approximate surface area is 218 Å². The number of carbonyl (C=O) groups is 4. The van der Waals surface area contributed by atoms with Crippen LogP contribution in [0.1, 0.15) is 22.3 Å². The van der Waals surface area contributed by atoms with Gasteiger partial charge in [0.15, 0.2) is 0 Å². The van der Waals surface area contributed by atoms with Crippen molar-refractivity contribution < 1.29 is 33.0 Å². The summed E-state index contributed by atoms with van der Waals surface area (Å²) in [7, 11) is 2.77. The molecule has 1 unspecified atom stereocenters. The summed E-state index contributed by atoms with van der Waals surface area (Å²) in [5, 5.41) is 2.69. The monoisotopic (exact) mass is 519 g/mol. The van der Waals surface area contributed by atoms with Crippen molar-refractivity contribution in [1.29, 1.82) is 0 Å². The van der Waals surface area contributed by atoms with Gasteiger partial charge in [0.2, 0.25) is 5.91 Å². The molecule has 196 valence electrons. The summed E-state index contributed by atoms with van der Waals surface area (Å²) in [5.74, 6) is -1.44. The van der Waals surface area contributed by atoms with Crippen LogP contribution in [-0.4, -0.2) is 55.5 Å². The summed E-state index contributed by atoms with van der Waals surface area (Å²) in [6.45, 7) is 0.0317. The van der Waals surface area contributed by atoms with E-state index in [2.05, 4.69) is 10.1 Å². The summed E-state index contributed by atoms with van der Waals surface area (Å²) in [4.78, 5) is 53.7. The van der Waals surface area contributed by atoms with E-state index in [-0.39, 0.29) is 19.4 Å². The van der Waals surface area contributed by atoms with Gasteiger partial charge in [-0.1, -0.05) is 18.2 Å². The van der Waals surface area contributed by atoms with Crippen LogP contribution >= 0.6 is 0 Å². The molecular formula is C28H26FN3O6.